The summed E-state index contributed by atoms with van der Waals surface area (Å²) in [5.41, 5.74) is 8.37. The fourth-order valence-electron chi connectivity index (χ4n) is 3.03. The number of aliphatic hydroxyl groups is 1. The number of hydrogen-bond acceptors (Lipinski definition) is 6. The first-order valence-electron chi connectivity index (χ1n) is 8.83. The van der Waals surface area contributed by atoms with Crippen LogP contribution in [0, 0.1) is 0 Å². The molecule has 7 heteroatoms. The molecule has 6 nitrogen and oxygen atoms in total. The number of nitrogens with zero attached hydrogens (tertiary/aromatic N) is 1. The lowest BCUT2D eigenvalue weighted by Crippen LogP contribution is -2.28. The Kier molecular flexibility index (Phi) is 6.55. The maximum Gasteiger partial charge on any atom is 0.282 e. The average molecular weight is 390 g/mol. The van der Waals surface area contributed by atoms with Gasteiger partial charge in [-0.15, -0.1) is 0 Å². The zero-order valence-electron chi connectivity index (χ0n) is 15.1. The van der Waals surface area contributed by atoms with Crippen LogP contribution in [0.3, 0.4) is 0 Å². The third-order valence-corrected chi connectivity index (χ3v) is 4.76. The van der Waals surface area contributed by atoms with E-state index in [2.05, 4.69) is 10.3 Å². The molecule has 0 saturated heterocycles. The molecule has 3 rings (SSSR count). The van der Waals surface area contributed by atoms with Gasteiger partial charge in [-0.1, -0.05) is 35.9 Å². The summed E-state index contributed by atoms with van der Waals surface area (Å²) < 4.78 is 10.6. The zero-order chi connectivity index (χ0) is 19.2. The van der Waals surface area contributed by atoms with Crippen molar-refractivity contribution in [2.45, 2.75) is 31.2 Å². The number of nitrogens with two attached hydrogens (primary N) is 1. The second kappa shape index (κ2) is 9.08. The van der Waals surface area contributed by atoms with Crippen LogP contribution < -0.4 is 11.1 Å². The first kappa shape index (κ1) is 19.5. The minimum atomic E-state index is -0.894. The zero-order valence-corrected chi connectivity index (χ0v) is 15.9. The molecular weight excluding hydrogens is 366 g/mol. The van der Waals surface area contributed by atoms with Gasteiger partial charge in [0.2, 0.25) is 0 Å². The van der Waals surface area contributed by atoms with E-state index in [-0.39, 0.29) is 12.1 Å². The molecule has 0 spiro atoms. The Balaban J connectivity index is 1.55. The van der Waals surface area contributed by atoms with Crippen molar-refractivity contribution >= 4 is 23.3 Å². The molecule has 2 aromatic carbocycles. The van der Waals surface area contributed by atoms with Crippen LogP contribution in [0.15, 0.2) is 53.5 Å². The number of rotatable bonds is 8. The minimum Gasteiger partial charge on any atom is -0.463 e. The standard InChI is InChI=1S/C20H24ClN3O3/c1-26-18(14-5-7-15(21)8-6-14)19(25)23-16-9-2-13(3-10-16)4-11-17-12-27-20(22)24-17/h2-3,5-10,17-19,23,25H,4,11-12H2,1H3,(H2,22,24). The highest BCUT2D eigenvalue weighted by Crippen LogP contribution is 2.24. The maximum atomic E-state index is 10.5. The Morgan fingerprint density at radius 3 is 2.56 bits per heavy atom. The number of aryl methyl sites for hydroxylation is 1. The van der Waals surface area contributed by atoms with Crippen LogP contribution in [0.25, 0.3) is 0 Å². The summed E-state index contributed by atoms with van der Waals surface area (Å²) in [7, 11) is 1.56. The molecule has 3 atom stereocenters. The second-order valence-corrected chi connectivity index (χ2v) is 6.90. The van der Waals surface area contributed by atoms with Gasteiger partial charge in [0.15, 0.2) is 6.23 Å². The normalized spacial score (nSPS) is 18.5. The average Bonchev–Trinajstić information content (AvgIpc) is 3.08. The van der Waals surface area contributed by atoms with E-state index in [4.69, 9.17) is 26.8 Å². The van der Waals surface area contributed by atoms with Gasteiger partial charge in [-0.3, -0.25) is 0 Å². The molecule has 1 heterocycles. The summed E-state index contributed by atoms with van der Waals surface area (Å²) in [5.74, 6) is 0. The molecule has 27 heavy (non-hydrogen) atoms. The molecule has 1 aliphatic heterocycles. The lowest BCUT2D eigenvalue weighted by atomic mass is 10.1. The summed E-state index contributed by atoms with van der Waals surface area (Å²) in [5, 5.41) is 14.2. The van der Waals surface area contributed by atoms with Crippen LogP contribution in [-0.4, -0.2) is 37.1 Å². The molecule has 0 saturated carbocycles. The predicted octanol–water partition coefficient (Wildman–Crippen LogP) is 3.10. The lowest BCUT2D eigenvalue weighted by molar-refractivity contribution is 0.00125. The predicted molar refractivity (Wildman–Crippen MR) is 107 cm³/mol. The van der Waals surface area contributed by atoms with Gasteiger partial charge in [0, 0.05) is 17.8 Å². The van der Waals surface area contributed by atoms with E-state index in [1.165, 1.54) is 5.56 Å². The number of aliphatic imine (C=N–C) groups is 1. The van der Waals surface area contributed by atoms with Crippen LogP contribution in [-0.2, 0) is 15.9 Å². The summed E-state index contributed by atoms with van der Waals surface area (Å²) in [6, 6.07) is 15.6. The molecule has 0 bridgehead atoms. The lowest BCUT2D eigenvalue weighted by Gasteiger charge is -2.24. The van der Waals surface area contributed by atoms with Gasteiger partial charge in [-0.25, -0.2) is 4.99 Å². The van der Waals surface area contributed by atoms with Crippen LogP contribution >= 0.6 is 11.6 Å². The number of amidine groups is 1. The third kappa shape index (κ3) is 5.35. The largest absolute Gasteiger partial charge is 0.463 e. The van der Waals surface area contributed by atoms with Gasteiger partial charge in [0.25, 0.3) is 6.02 Å². The summed E-state index contributed by atoms with van der Waals surface area (Å²) in [6.45, 7) is 0.556. The summed E-state index contributed by atoms with van der Waals surface area (Å²) >= 11 is 5.92. The Bertz CT molecular complexity index is 765. The molecular formula is C20H24ClN3O3. The Hall–Kier alpha value is -2.28. The molecule has 144 valence electrons. The highest BCUT2D eigenvalue weighted by atomic mass is 35.5. The van der Waals surface area contributed by atoms with E-state index in [1.54, 1.807) is 19.2 Å². The summed E-state index contributed by atoms with van der Waals surface area (Å²) in [4.78, 5) is 4.23. The van der Waals surface area contributed by atoms with E-state index in [1.807, 2.05) is 36.4 Å². The van der Waals surface area contributed by atoms with Crippen molar-refractivity contribution in [3.63, 3.8) is 0 Å². The first-order valence-corrected chi connectivity index (χ1v) is 9.21. The minimum absolute atomic E-state index is 0.131. The van der Waals surface area contributed by atoms with E-state index < -0.39 is 12.3 Å². The fourth-order valence-corrected chi connectivity index (χ4v) is 3.16. The van der Waals surface area contributed by atoms with Crippen LogP contribution in [0.5, 0.6) is 0 Å². The van der Waals surface area contributed by atoms with Crippen molar-refractivity contribution in [3.05, 3.63) is 64.7 Å². The van der Waals surface area contributed by atoms with Crippen molar-refractivity contribution in [2.24, 2.45) is 10.7 Å². The van der Waals surface area contributed by atoms with Crippen molar-refractivity contribution < 1.29 is 14.6 Å². The highest BCUT2D eigenvalue weighted by Gasteiger charge is 2.21. The molecule has 1 aliphatic rings. The molecule has 3 unspecified atom stereocenters. The quantitative estimate of drug-likeness (QED) is 0.603. The molecule has 0 amide bonds. The van der Waals surface area contributed by atoms with Crippen LogP contribution in [0.4, 0.5) is 5.69 Å². The number of hydrogen-bond donors (Lipinski definition) is 3. The smallest absolute Gasteiger partial charge is 0.282 e. The van der Waals surface area contributed by atoms with Crippen molar-refractivity contribution in [1.82, 2.24) is 0 Å². The van der Waals surface area contributed by atoms with Crippen molar-refractivity contribution in [2.75, 3.05) is 19.0 Å². The maximum absolute atomic E-state index is 10.5. The van der Waals surface area contributed by atoms with E-state index >= 15 is 0 Å². The van der Waals surface area contributed by atoms with Crippen molar-refractivity contribution in [1.29, 1.82) is 0 Å². The third-order valence-electron chi connectivity index (χ3n) is 4.51. The number of nitrogens with one attached hydrogen (secondary N) is 1. The number of halogens is 1. The van der Waals surface area contributed by atoms with Gasteiger partial charge in [-0.2, -0.15) is 0 Å². The first-order chi connectivity index (χ1) is 13.0. The van der Waals surface area contributed by atoms with Crippen molar-refractivity contribution in [3.8, 4) is 0 Å². The van der Waals surface area contributed by atoms with Gasteiger partial charge < -0.3 is 25.6 Å². The van der Waals surface area contributed by atoms with Crippen LogP contribution in [0.2, 0.25) is 5.02 Å². The second-order valence-electron chi connectivity index (χ2n) is 6.46. The molecule has 4 N–H and O–H groups in total. The van der Waals surface area contributed by atoms with E-state index in [0.717, 1.165) is 24.1 Å². The number of anilines is 1. The van der Waals surface area contributed by atoms with Gasteiger partial charge in [0.05, 0.1) is 6.04 Å². The van der Waals surface area contributed by atoms with E-state index in [0.29, 0.717) is 11.6 Å². The molecule has 0 fully saturated rings. The summed E-state index contributed by atoms with van der Waals surface area (Å²) in [6.07, 6.45) is 0.375. The molecule has 0 radical (unpaired) electrons. The SMILES string of the molecule is COC(c1ccc(Cl)cc1)C(O)Nc1ccc(CCC2COC(N)=N2)cc1. The Morgan fingerprint density at radius 1 is 1.26 bits per heavy atom. The Morgan fingerprint density at radius 2 is 1.96 bits per heavy atom. The number of benzene rings is 2. The molecule has 0 aromatic heterocycles. The topological polar surface area (TPSA) is 89.1 Å². The van der Waals surface area contributed by atoms with E-state index in [9.17, 15) is 5.11 Å². The number of ether oxygens (including phenoxy) is 2. The fraction of sp³-hybridized carbons (Fsp3) is 0.350. The van der Waals surface area contributed by atoms with Gasteiger partial charge in [0.1, 0.15) is 12.7 Å². The molecule has 0 aliphatic carbocycles. The van der Waals surface area contributed by atoms with Crippen LogP contribution in [0.1, 0.15) is 23.7 Å². The Labute approximate surface area is 164 Å². The molecule has 2 aromatic rings. The van der Waals surface area contributed by atoms with Gasteiger partial charge >= 0.3 is 0 Å². The number of aliphatic hydroxyl groups excluding tert-OH is 1. The monoisotopic (exact) mass is 389 g/mol. The highest BCUT2D eigenvalue weighted by molar-refractivity contribution is 6.30. The van der Waals surface area contributed by atoms with Gasteiger partial charge in [-0.05, 0) is 48.2 Å². The number of methoxy groups -OCH3 is 1.